The number of aromatic nitrogens is 2. The maximum absolute atomic E-state index is 11.9. The Balaban J connectivity index is 2.70. The number of hydrogen-bond acceptors (Lipinski definition) is 4. The van der Waals surface area contributed by atoms with E-state index in [1.54, 1.807) is 17.8 Å². The number of carbonyl (C=O) groups excluding carboxylic acids is 1. The first-order valence-corrected chi connectivity index (χ1v) is 6.20. The Morgan fingerprint density at radius 1 is 1.20 bits per heavy atom. The molecule has 0 saturated heterocycles. The van der Waals surface area contributed by atoms with Crippen molar-refractivity contribution in [3.05, 3.63) is 57.0 Å². The van der Waals surface area contributed by atoms with Gasteiger partial charge in [0.25, 0.3) is 0 Å². The van der Waals surface area contributed by atoms with Gasteiger partial charge in [-0.05, 0) is 38.0 Å². The zero-order valence-corrected chi connectivity index (χ0v) is 11.9. The second-order valence-corrected chi connectivity index (χ2v) is 4.72. The van der Waals surface area contributed by atoms with Crippen molar-refractivity contribution in [2.45, 2.75) is 20.8 Å². The molecule has 1 aromatic heterocycles. The molecule has 0 radical (unpaired) electrons. The van der Waals surface area contributed by atoms with E-state index >= 15 is 0 Å². The van der Waals surface area contributed by atoms with Crippen molar-refractivity contribution in [1.82, 2.24) is 9.78 Å². The van der Waals surface area contributed by atoms with Crippen LogP contribution in [0.3, 0.4) is 0 Å². The minimum absolute atomic E-state index is 0.201. The molecule has 2 aromatic rings. The van der Waals surface area contributed by atoms with Gasteiger partial charge in [-0.3, -0.25) is 4.79 Å². The number of aryl methyl sites for hydroxylation is 3. The number of rotatable bonds is 2. The Labute approximate surface area is 116 Å². The van der Waals surface area contributed by atoms with Gasteiger partial charge < -0.3 is 4.74 Å². The normalized spacial score (nSPS) is 10.4. The summed E-state index contributed by atoms with van der Waals surface area (Å²) in [6, 6.07) is 5.92. The maximum Gasteiger partial charge on any atom is 0.362 e. The molecule has 104 valence electrons. The third kappa shape index (κ3) is 2.47. The fourth-order valence-corrected chi connectivity index (χ4v) is 1.93. The van der Waals surface area contributed by atoms with Crippen LogP contribution >= 0.6 is 0 Å². The Morgan fingerprint density at radius 3 is 2.55 bits per heavy atom. The van der Waals surface area contributed by atoms with Gasteiger partial charge in [0.1, 0.15) is 0 Å². The van der Waals surface area contributed by atoms with E-state index in [1.165, 1.54) is 7.11 Å². The molecule has 0 N–H and O–H groups in total. The van der Waals surface area contributed by atoms with Crippen LogP contribution in [0.25, 0.3) is 5.69 Å². The predicted octanol–water partition coefficient (Wildman–Crippen LogP) is 1.94. The molecular weight excluding hydrogens is 256 g/mol. The highest BCUT2D eigenvalue weighted by molar-refractivity contribution is 5.87. The molecule has 1 heterocycles. The highest BCUT2D eigenvalue weighted by Crippen LogP contribution is 2.15. The summed E-state index contributed by atoms with van der Waals surface area (Å²) < 4.78 is 6.15. The van der Waals surface area contributed by atoms with Gasteiger partial charge >= 0.3 is 5.97 Å². The molecule has 0 spiro atoms. The summed E-state index contributed by atoms with van der Waals surface area (Å²) in [6.45, 7) is 5.57. The van der Waals surface area contributed by atoms with Crippen molar-refractivity contribution >= 4 is 5.97 Å². The predicted molar refractivity (Wildman–Crippen MR) is 75.4 cm³/mol. The molecule has 5 heteroatoms. The standard InChI is InChI=1S/C15H16N2O3/c1-9-5-6-10(2)12(7-9)17-8-11(3)14(18)13(16-17)15(19)20-4/h5-8H,1-4H3. The van der Waals surface area contributed by atoms with Gasteiger partial charge in [-0.15, -0.1) is 0 Å². The second kappa shape index (κ2) is 5.28. The average molecular weight is 272 g/mol. The summed E-state index contributed by atoms with van der Waals surface area (Å²) >= 11 is 0. The van der Waals surface area contributed by atoms with Gasteiger partial charge in [-0.25, -0.2) is 9.48 Å². The lowest BCUT2D eigenvalue weighted by Crippen LogP contribution is -2.24. The first-order chi connectivity index (χ1) is 9.43. The molecular formula is C15H16N2O3. The molecule has 0 unspecified atom stereocenters. The van der Waals surface area contributed by atoms with Gasteiger partial charge in [-0.1, -0.05) is 12.1 Å². The molecule has 0 atom stereocenters. The minimum Gasteiger partial charge on any atom is -0.464 e. The summed E-state index contributed by atoms with van der Waals surface area (Å²) in [6.07, 6.45) is 1.62. The highest BCUT2D eigenvalue weighted by Gasteiger charge is 2.16. The van der Waals surface area contributed by atoms with Crippen LogP contribution < -0.4 is 5.43 Å². The average Bonchev–Trinajstić information content (AvgIpc) is 2.43. The van der Waals surface area contributed by atoms with Crippen LogP contribution in [-0.2, 0) is 4.74 Å². The molecule has 0 bridgehead atoms. The number of methoxy groups -OCH3 is 1. The van der Waals surface area contributed by atoms with Crippen molar-refractivity contribution in [3.8, 4) is 5.69 Å². The van der Waals surface area contributed by atoms with Gasteiger partial charge in [-0.2, -0.15) is 5.10 Å². The summed E-state index contributed by atoms with van der Waals surface area (Å²) in [7, 11) is 1.23. The first kappa shape index (κ1) is 14.0. The largest absolute Gasteiger partial charge is 0.464 e. The number of carbonyl (C=O) groups is 1. The number of hydrogen-bond donors (Lipinski definition) is 0. The van der Waals surface area contributed by atoms with Crippen LogP contribution in [0.4, 0.5) is 0 Å². The van der Waals surface area contributed by atoms with E-state index in [0.29, 0.717) is 5.56 Å². The Kier molecular flexibility index (Phi) is 3.70. The molecule has 0 aliphatic rings. The van der Waals surface area contributed by atoms with Crippen LogP contribution in [0.2, 0.25) is 0 Å². The molecule has 0 aliphatic carbocycles. The van der Waals surface area contributed by atoms with Crippen molar-refractivity contribution in [1.29, 1.82) is 0 Å². The Hall–Kier alpha value is -2.43. The van der Waals surface area contributed by atoms with Crippen molar-refractivity contribution in [3.63, 3.8) is 0 Å². The van der Waals surface area contributed by atoms with E-state index in [-0.39, 0.29) is 5.69 Å². The lowest BCUT2D eigenvalue weighted by molar-refractivity contribution is 0.0590. The molecule has 1 aromatic carbocycles. The lowest BCUT2D eigenvalue weighted by atomic mass is 10.1. The second-order valence-electron chi connectivity index (χ2n) is 4.72. The van der Waals surface area contributed by atoms with Crippen LogP contribution in [0, 0.1) is 20.8 Å². The van der Waals surface area contributed by atoms with E-state index in [4.69, 9.17) is 0 Å². The number of nitrogens with zero attached hydrogens (tertiary/aromatic N) is 2. The molecule has 0 amide bonds. The molecule has 0 aliphatic heterocycles. The van der Waals surface area contributed by atoms with Crippen LogP contribution in [-0.4, -0.2) is 22.9 Å². The molecule has 0 fully saturated rings. The van der Waals surface area contributed by atoms with Crippen molar-refractivity contribution < 1.29 is 9.53 Å². The molecule has 5 nitrogen and oxygen atoms in total. The fraction of sp³-hybridized carbons (Fsp3) is 0.267. The minimum atomic E-state index is -0.724. The summed E-state index contributed by atoms with van der Waals surface area (Å²) in [5.74, 6) is -0.724. The van der Waals surface area contributed by atoms with E-state index < -0.39 is 11.4 Å². The van der Waals surface area contributed by atoms with E-state index in [2.05, 4.69) is 9.84 Å². The van der Waals surface area contributed by atoms with Gasteiger partial charge in [0.05, 0.1) is 12.8 Å². The monoisotopic (exact) mass is 272 g/mol. The summed E-state index contributed by atoms with van der Waals surface area (Å²) in [5.41, 5.74) is 2.75. The molecule has 0 saturated carbocycles. The smallest absolute Gasteiger partial charge is 0.362 e. The van der Waals surface area contributed by atoms with E-state index in [9.17, 15) is 9.59 Å². The van der Waals surface area contributed by atoms with Crippen molar-refractivity contribution in [2.75, 3.05) is 7.11 Å². The SMILES string of the molecule is COC(=O)c1nn(-c2cc(C)ccc2C)cc(C)c1=O. The number of ether oxygens (including phenoxy) is 1. The number of esters is 1. The van der Waals surface area contributed by atoms with Crippen LogP contribution in [0.1, 0.15) is 27.2 Å². The third-order valence-corrected chi connectivity index (χ3v) is 3.09. The summed E-state index contributed by atoms with van der Waals surface area (Å²) in [4.78, 5) is 23.6. The first-order valence-electron chi connectivity index (χ1n) is 6.20. The van der Waals surface area contributed by atoms with Gasteiger partial charge in [0.15, 0.2) is 0 Å². The fourth-order valence-electron chi connectivity index (χ4n) is 1.93. The maximum atomic E-state index is 11.9. The quantitative estimate of drug-likeness (QED) is 0.784. The molecule has 2 rings (SSSR count). The zero-order chi connectivity index (χ0) is 14.9. The topological polar surface area (TPSA) is 61.2 Å². The van der Waals surface area contributed by atoms with Crippen molar-refractivity contribution in [2.24, 2.45) is 0 Å². The highest BCUT2D eigenvalue weighted by atomic mass is 16.5. The van der Waals surface area contributed by atoms with E-state index in [0.717, 1.165) is 16.8 Å². The van der Waals surface area contributed by atoms with Gasteiger partial charge in [0.2, 0.25) is 11.1 Å². The van der Waals surface area contributed by atoms with Gasteiger partial charge in [0, 0.05) is 11.8 Å². The summed E-state index contributed by atoms with van der Waals surface area (Å²) in [5, 5.41) is 4.11. The van der Waals surface area contributed by atoms with E-state index in [1.807, 2.05) is 32.0 Å². The Bertz CT molecular complexity index is 732. The molecule has 20 heavy (non-hydrogen) atoms. The number of benzene rings is 1. The lowest BCUT2D eigenvalue weighted by Gasteiger charge is -2.11. The van der Waals surface area contributed by atoms with Crippen LogP contribution in [0.15, 0.2) is 29.2 Å². The third-order valence-electron chi connectivity index (χ3n) is 3.09. The van der Waals surface area contributed by atoms with Crippen LogP contribution in [0.5, 0.6) is 0 Å². The Morgan fingerprint density at radius 2 is 1.90 bits per heavy atom. The zero-order valence-electron chi connectivity index (χ0n) is 11.9.